The molecule has 1 N–H and O–H groups in total. The second kappa shape index (κ2) is 6.34. The molecule has 0 aliphatic carbocycles. The second-order valence-corrected chi connectivity index (χ2v) is 5.47. The van der Waals surface area contributed by atoms with Gasteiger partial charge >= 0.3 is 0 Å². The van der Waals surface area contributed by atoms with E-state index in [9.17, 15) is 0 Å². The summed E-state index contributed by atoms with van der Waals surface area (Å²) in [5.74, 6) is 1.17. The molecule has 0 radical (unpaired) electrons. The molecule has 0 spiro atoms. The van der Waals surface area contributed by atoms with E-state index >= 15 is 0 Å². The first kappa shape index (κ1) is 13.6. The van der Waals surface area contributed by atoms with E-state index in [4.69, 9.17) is 0 Å². The van der Waals surface area contributed by atoms with Gasteiger partial charge in [0.2, 0.25) is 0 Å². The number of nitrogens with one attached hydrogen (secondary N) is 1. The first-order chi connectivity index (χ1) is 8.70. The van der Waals surface area contributed by atoms with E-state index in [1.165, 1.54) is 25.2 Å². The van der Waals surface area contributed by atoms with E-state index in [2.05, 4.69) is 46.9 Å². The molecule has 0 bridgehead atoms. The van der Waals surface area contributed by atoms with E-state index in [-0.39, 0.29) is 0 Å². The van der Waals surface area contributed by atoms with Crippen molar-refractivity contribution in [1.29, 1.82) is 0 Å². The highest BCUT2D eigenvalue weighted by molar-refractivity contribution is 4.93. The molecule has 18 heavy (non-hydrogen) atoms. The summed E-state index contributed by atoms with van der Waals surface area (Å²) in [7, 11) is 2.22. The van der Waals surface area contributed by atoms with Crippen LogP contribution in [0.15, 0.2) is 12.4 Å². The Kier molecular flexibility index (Phi) is 4.78. The Morgan fingerprint density at radius 3 is 3.06 bits per heavy atom. The van der Waals surface area contributed by atoms with Crippen molar-refractivity contribution in [2.75, 3.05) is 13.6 Å². The molecule has 102 valence electrons. The molecule has 1 aromatic rings. The summed E-state index contributed by atoms with van der Waals surface area (Å²) < 4.78 is 2.26. The third-order valence-electron chi connectivity index (χ3n) is 4.02. The quantitative estimate of drug-likeness (QED) is 0.866. The van der Waals surface area contributed by atoms with Crippen LogP contribution in [0.5, 0.6) is 0 Å². The van der Waals surface area contributed by atoms with Crippen molar-refractivity contribution in [3.05, 3.63) is 18.2 Å². The lowest BCUT2D eigenvalue weighted by Gasteiger charge is -2.35. The van der Waals surface area contributed by atoms with E-state index < -0.39 is 0 Å². The Balaban J connectivity index is 1.82. The molecule has 1 fully saturated rings. The Labute approximate surface area is 110 Å². The third-order valence-corrected chi connectivity index (χ3v) is 4.02. The molecule has 0 aromatic carbocycles. The lowest BCUT2D eigenvalue weighted by Crippen LogP contribution is -2.45. The predicted octanol–water partition coefficient (Wildman–Crippen LogP) is 1.87. The van der Waals surface area contributed by atoms with Gasteiger partial charge in [-0.05, 0) is 39.8 Å². The number of aromatic nitrogens is 2. The molecule has 4 nitrogen and oxygen atoms in total. The van der Waals surface area contributed by atoms with Gasteiger partial charge < -0.3 is 14.8 Å². The second-order valence-electron chi connectivity index (χ2n) is 5.47. The Bertz CT molecular complexity index is 360. The topological polar surface area (TPSA) is 33.1 Å². The number of imidazole rings is 1. The highest BCUT2D eigenvalue weighted by atomic mass is 15.2. The van der Waals surface area contributed by atoms with E-state index in [0.717, 1.165) is 19.5 Å². The number of nitrogens with zero attached hydrogens (tertiary/aromatic N) is 3. The van der Waals surface area contributed by atoms with E-state index in [1.54, 1.807) is 0 Å². The Morgan fingerprint density at radius 1 is 1.50 bits per heavy atom. The fraction of sp³-hybridized carbons (Fsp3) is 0.786. The van der Waals surface area contributed by atoms with Crippen molar-refractivity contribution in [3.63, 3.8) is 0 Å². The van der Waals surface area contributed by atoms with Crippen molar-refractivity contribution in [2.24, 2.45) is 0 Å². The molecule has 0 amide bonds. The first-order valence-corrected chi connectivity index (χ1v) is 7.14. The summed E-state index contributed by atoms with van der Waals surface area (Å²) in [6.07, 6.45) is 7.64. The molecule has 1 saturated heterocycles. The van der Waals surface area contributed by atoms with Crippen LogP contribution in [-0.4, -0.2) is 40.1 Å². The SMILES string of the molecule is CCCn1ccnc1CNC1CCN(C)C(C)C1. The van der Waals surface area contributed by atoms with Crippen LogP contribution in [-0.2, 0) is 13.1 Å². The van der Waals surface area contributed by atoms with Crippen LogP contribution in [0.3, 0.4) is 0 Å². The molecule has 1 aromatic heterocycles. The van der Waals surface area contributed by atoms with Gasteiger partial charge in [0.05, 0.1) is 6.54 Å². The zero-order chi connectivity index (χ0) is 13.0. The number of aryl methyl sites for hydroxylation is 1. The fourth-order valence-corrected chi connectivity index (χ4v) is 2.66. The van der Waals surface area contributed by atoms with Gasteiger partial charge in [0.15, 0.2) is 0 Å². The largest absolute Gasteiger partial charge is 0.334 e. The van der Waals surface area contributed by atoms with Crippen LogP contribution in [0.4, 0.5) is 0 Å². The number of rotatable bonds is 5. The number of piperidine rings is 1. The van der Waals surface area contributed by atoms with Crippen molar-refractivity contribution < 1.29 is 0 Å². The molecule has 2 unspecified atom stereocenters. The van der Waals surface area contributed by atoms with Gasteiger partial charge in [-0.3, -0.25) is 0 Å². The lowest BCUT2D eigenvalue weighted by atomic mass is 9.99. The summed E-state index contributed by atoms with van der Waals surface area (Å²) in [6.45, 7) is 7.68. The minimum Gasteiger partial charge on any atom is -0.334 e. The minimum absolute atomic E-state index is 0.642. The lowest BCUT2D eigenvalue weighted by molar-refractivity contribution is 0.167. The molecule has 2 heterocycles. The predicted molar refractivity (Wildman–Crippen MR) is 74.5 cm³/mol. The first-order valence-electron chi connectivity index (χ1n) is 7.14. The van der Waals surface area contributed by atoms with Crippen LogP contribution in [0.2, 0.25) is 0 Å². The zero-order valence-corrected chi connectivity index (χ0v) is 11.9. The smallest absolute Gasteiger partial charge is 0.122 e. The molecule has 0 saturated carbocycles. The Morgan fingerprint density at radius 2 is 2.33 bits per heavy atom. The van der Waals surface area contributed by atoms with Gasteiger partial charge in [-0.2, -0.15) is 0 Å². The number of likely N-dealkylation sites (tertiary alicyclic amines) is 1. The van der Waals surface area contributed by atoms with Gasteiger partial charge in [-0.25, -0.2) is 4.98 Å². The Hall–Kier alpha value is -0.870. The van der Waals surface area contributed by atoms with Gasteiger partial charge in [-0.1, -0.05) is 6.92 Å². The van der Waals surface area contributed by atoms with Crippen molar-refractivity contribution in [1.82, 2.24) is 19.8 Å². The van der Waals surface area contributed by atoms with Crippen molar-refractivity contribution >= 4 is 0 Å². The standard InChI is InChI=1S/C14H26N4/c1-4-7-18-9-6-15-14(18)11-16-13-5-8-17(3)12(2)10-13/h6,9,12-13,16H,4-5,7-8,10-11H2,1-3H3. The zero-order valence-electron chi connectivity index (χ0n) is 11.9. The van der Waals surface area contributed by atoms with Gasteiger partial charge in [0.25, 0.3) is 0 Å². The van der Waals surface area contributed by atoms with Crippen molar-refractivity contribution in [2.45, 2.75) is 58.3 Å². The number of hydrogen-bond acceptors (Lipinski definition) is 3. The molecule has 1 aliphatic heterocycles. The summed E-state index contributed by atoms with van der Waals surface area (Å²) in [5.41, 5.74) is 0. The third kappa shape index (κ3) is 3.33. The summed E-state index contributed by atoms with van der Waals surface area (Å²) in [6, 6.07) is 1.33. The molecule has 2 atom stereocenters. The van der Waals surface area contributed by atoms with Crippen LogP contribution >= 0.6 is 0 Å². The highest BCUT2D eigenvalue weighted by Crippen LogP contribution is 2.15. The van der Waals surface area contributed by atoms with Crippen LogP contribution in [0.25, 0.3) is 0 Å². The van der Waals surface area contributed by atoms with E-state index in [0.29, 0.717) is 12.1 Å². The average Bonchev–Trinajstić information content (AvgIpc) is 2.79. The normalized spacial score (nSPS) is 25.5. The summed E-state index contributed by atoms with van der Waals surface area (Å²) in [5, 5.41) is 3.66. The van der Waals surface area contributed by atoms with Crippen molar-refractivity contribution in [3.8, 4) is 0 Å². The molecule has 1 aliphatic rings. The van der Waals surface area contributed by atoms with Crippen LogP contribution < -0.4 is 5.32 Å². The molecular formula is C14H26N4. The average molecular weight is 250 g/mol. The maximum Gasteiger partial charge on any atom is 0.122 e. The van der Waals surface area contributed by atoms with E-state index in [1.807, 2.05) is 6.20 Å². The van der Waals surface area contributed by atoms with Crippen LogP contribution in [0.1, 0.15) is 38.9 Å². The van der Waals surface area contributed by atoms with Gasteiger partial charge in [0, 0.05) is 31.0 Å². The number of hydrogen-bond donors (Lipinski definition) is 1. The van der Waals surface area contributed by atoms with Crippen LogP contribution in [0, 0.1) is 0 Å². The maximum atomic E-state index is 4.44. The monoisotopic (exact) mass is 250 g/mol. The summed E-state index contributed by atoms with van der Waals surface area (Å²) in [4.78, 5) is 6.88. The van der Waals surface area contributed by atoms with Gasteiger partial charge in [-0.15, -0.1) is 0 Å². The molecule has 4 heteroatoms. The highest BCUT2D eigenvalue weighted by Gasteiger charge is 2.22. The van der Waals surface area contributed by atoms with Gasteiger partial charge in [0.1, 0.15) is 5.82 Å². The molecule has 2 rings (SSSR count). The fourth-order valence-electron chi connectivity index (χ4n) is 2.66. The summed E-state index contributed by atoms with van der Waals surface area (Å²) >= 11 is 0. The maximum absolute atomic E-state index is 4.44. The molecular weight excluding hydrogens is 224 g/mol. The minimum atomic E-state index is 0.642.